The molecular formula is C18H18ClFO3. The van der Waals surface area contributed by atoms with Gasteiger partial charge in [0, 0.05) is 0 Å². The zero-order chi connectivity index (χ0) is 17.0. The van der Waals surface area contributed by atoms with E-state index in [9.17, 15) is 14.3 Å². The van der Waals surface area contributed by atoms with Crippen LogP contribution in [0.25, 0.3) is 0 Å². The van der Waals surface area contributed by atoms with E-state index >= 15 is 0 Å². The maximum atomic E-state index is 13.7. The molecule has 0 spiro atoms. The van der Waals surface area contributed by atoms with Crippen LogP contribution in [0.4, 0.5) is 4.39 Å². The number of carbonyl (C=O) groups is 1. The first-order valence-electron chi connectivity index (χ1n) is 7.32. The summed E-state index contributed by atoms with van der Waals surface area (Å²) in [5.74, 6) is -1.68. The van der Waals surface area contributed by atoms with Gasteiger partial charge >= 0.3 is 5.97 Å². The lowest BCUT2D eigenvalue weighted by Crippen LogP contribution is -2.15. The topological polar surface area (TPSA) is 46.5 Å². The Bertz CT molecular complexity index is 715. The third-order valence-corrected chi connectivity index (χ3v) is 3.93. The molecule has 0 aliphatic rings. The molecule has 0 saturated carbocycles. The van der Waals surface area contributed by atoms with E-state index in [-0.39, 0.29) is 6.42 Å². The fourth-order valence-electron chi connectivity index (χ4n) is 2.35. The molecule has 1 atom stereocenters. The number of ether oxygens (including phenoxy) is 1. The first kappa shape index (κ1) is 17.3. The van der Waals surface area contributed by atoms with Gasteiger partial charge in [-0.25, -0.2) is 4.39 Å². The Morgan fingerprint density at radius 1 is 1.30 bits per heavy atom. The van der Waals surface area contributed by atoms with Crippen molar-refractivity contribution in [3.8, 4) is 5.75 Å². The summed E-state index contributed by atoms with van der Waals surface area (Å²) >= 11 is 6.13. The summed E-state index contributed by atoms with van der Waals surface area (Å²) < 4.78 is 19.1. The zero-order valence-corrected chi connectivity index (χ0v) is 13.7. The van der Waals surface area contributed by atoms with Gasteiger partial charge in [0.1, 0.15) is 11.6 Å². The van der Waals surface area contributed by atoms with Crippen molar-refractivity contribution in [3.05, 3.63) is 63.9 Å². The van der Waals surface area contributed by atoms with Gasteiger partial charge in [-0.1, -0.05) is 29.8 Å². The lowest BCUT2D eigenvalue weighted by Gasteiger charge is -2.15. The van der Waals surface area contributed by atoms with Crippen LogP contribution in [0.3, 0.4) is 0 Å². The monoisotopic (exact) mass is 336 g/mol. The maximum absolute atomic E-state index is 13.7. The summed E-state index contributed by atoms with van der Waals surface area (Å²) in [5, 5.41) is 9.91. The first-order chi connectivity index (χ1) is 10.9. The molecule has 1 N–H and O–H groups in total. The number of hydrogen-bond acceptors (Lipinski definition) is 2. The molecule has 0 aliphatic heterocycles. The highest BCUT2D eigenvalue weighted by atomic mass is 35.5. The van der Waals surface area contributed by atoms with E-state index in [2.05, 4.69) is 0 Å². The molecule has 5 heteroatoms. The van der Waals surface area contributed by atoms with Crippen LogP contribution in [-0.4, -0.2) is 17.7 Å². The molecule has 0 bridgehead atoms. The predicted octanol–water partition coefficient (Wildman–Crippen LogP) is 4.60. The SMILES string of the molecule is CCOc1ccc(CC(C(=O)O)c2ccc(C)c(F)c2)cc1Cl. The molecule has 0 radical (unpaired) electrons. The lowest BCUT2D eigenvalue weighted by atomic mass is 9.91. The summed E-state index contributed by atoms with van der Waals surface area (Å²) in [6.07, 6.45) is 0.226. The molecule has 23 heavy (non-hydrogen) atoms. The highest BCUT2D eigenvalue weighted by Crippen LogP contribution is 2.29. The van der Waals surface area contributed by atoms with E-state index in [0.717, 1.165) is 5.56 Å². The van der Waals surface area contributed by atoms with Crippen LogP contribution in [0.15, 0.2) is 36.4 Å². The quantitative estimate of drug-likeness (QED) is 0.838. The second-order valence-corrected chi connectivity index (χ2v) is 5.71. The summed E-state index contributed by atoms with van der Waals surface area (Å²) in [6, 6.07) is 9.70. The Kier molecular flexibility index (Phi) is 5.61. The van der Waals surface area contributed by atoms with Crippen LogP contribution in [0.2, 0.25) is 5.02 Å². The van der Waals surface area contributed by atoms with Crippen molar-refractivity contribution in [2.45, 2.75) is 26.2 Å². The number of benzene rings is 2. The lowest BCUT2D eigenvalue weighted by molar-refractivity contribution is -0.138. The minimum atomic E-state index is -1.00. The Hall–Kier alpha value is -2.07. The van der Waals surface area contributed by atoms with Crippen molar-refractivity contribution >= 4 is 17.6 Å². The van der Waals surface area contributed by atoms with Crippen LogP contribution < -0.4 is 4.74 Å². The maximum Gasteiger partial charge on any atom is 0.311 e. The standard InChI is InChI=1S/C18H18ClFO3/c1-3-23-17-7-5-12(9-15(17)19)8-14(18(21)22)13-6-4-11(2)16(20)10-13/h4-7,9-10,14H,3,8H2,1-2H3,(H,21,22). The van der Waals surface area contributed by atoms with Crippen molar-refractivity contribution in [2.24, 2.45) is 0 Å². The van der Waals surface area contributed by atoms with E-state index in [1.165, 1.54) is 6.07 Å². The second-order valence-electron chi connectivity index (χ2n) is 5.30. The number of hydrogen-bond donors (Lipinski definition) is 1. The van der Waals surface area contributed by atoms with Gasteiger partial charge in [0.05, 0.1) is 17.5 Å². The number of carboxylic acid groups (broad SMARTS) is 1. The van der Waals surface area contributed by atoms with Gasteiger partial charge in [0.15, 0.2) is 0 Å². The normalized spacial score (nSPS) is 12.0. The number of rotatable bonds is 6. The number of halogens is 2. The molecule has 2 aromatic rings. The first-order valence-corrected chi connectivity index (χ1v) is 7.70. The fourth-order valence-corrected chi connectivity index (χ4v) is 2.61. The molecule has 0 aromatic heterocycles. The molecule has 0 heterocycles. The van der Waals surface area contributed by atoms with Crippen LogP contribution in [0.1, 0.15) is 29.5 Å². The van der Waals surface area contributed by atoms with Gasteiger partial charge in [0.25, 0.3) is 0 Å². The predicted molar refractivity (Wildman–Crippen MR) is 87.8 cm³/mol. The largest absolute Gasteiger partial charge is 0.492 e. The molecule has 3 nitrogen and oxygen atoms in total. The van der Waals surface area contributed by atoms with Crippen molar-refractivity contribution in [2.75, 3.05) is 6.61 Å². The second kappa shape index (κ2) is 7.47. The molecule has 0 fully saturated rings. The van der Waals surface area contributed by atoms with Gasteiger partial charge in [0.2, 0.25) is 0 Å². The zero-order valence-electron chi connectivity index (χ0n) is 13.0. The molecule has 1 unspecified atom stereocenters. The summed E-state index contributed by atoms with van der Waals surface area (Å²) in [4.78, 5) is 11.6. The molecule has 0 amide bonds. The Morgan fingerprint density at radius 2 is 2.04 bits per heavy atom. The van der Waals surface area contributed by atoms with E-state index in [1.807, 2.05) is 6.92 Å². The molecule has 122 valence electrons. The van der Waals surface area contributed by atoms with Crippen molar-refractivity contribution in [3.63, 3.8) is 0 Å². The van der Waals surface area contributed by atoms with E-state index in [0.29, 0.717) is 28.5 Å². The van der Waals surface area contributed by atoms with Crippen molar-refractivity contribution in [1.29, 1.82) is 0 Å². The van der Waals surface area contributed by atoms with Gasteiger partial charge in [-0.2, -0.15) is 0 Å². The molecule has 2 rings (SSSR count). The van der Waals surface area contributed by atoms with Crippen LogP contribution in [0, 0.1) is 12.7 Å². The summed E-state index contributed by atoms with van der Waals surface area (Å²) in [5.41, 5.74) is 1.68. The fraction of sp³-hybridized carbons (Fsp3) is 0.278. The molecule has 0 aliphatic carbocycles. The molecule has 0 saturated heterocycles. The van der Waals surface area contributed by atoms with Crippen LogP contribution in [0.5, 0.6) is 5.75 Å². The van der Waals surface area contributed by atoms with Gasteiger partial charge < -0.3 is 9.84 Å². The van der Waals surface area contributed by atoms with Crippen molar-refractivity contribution < 1.29 is 19.0 Å². The Balaban J connectivity index is 2.27. The van der Waals surface area contributed by atoms with Crippen LogP contribution >= 0.6 is 11.6 Å². The van der Waals surface area contributed by atoms with E-state index in [4.69, 9.17) is 16.3 Å². The number of carboxylic acids is 1. The third kappa shape index (κ3) is 4.23. The van der Waals surface area contributed by atoms with E-state index < -0.39 is 17.7 Å². The van der Waals surface area contributed by atoms with Gasteiger partial charge in [-0.3, -0.25) is 4.79 Å². The minimum Gasteiger partial charge on any atom is -0.492 e. The average molecular weight is 337 g/mol. The Labute approximate surface area is 139 Å². The minimum absolute atomic E-state index is 0.226. The van der Waals surface area contributed by atoms with Gasteiger partial charge in [-0.15, -0.1) is 0 Å². The summed E-state index contributed by atoms with van der Waals surface area (Å²) in [6.45, 7) is 4.00. The number of aryl methyl sites for hydroxylation is 1. The average Bonchev–Trinajstić information content (AvgIpc) is 2.50. The highest BCUT2D eigenvalue weighted by Gasteiger charge is 2.21. The third-order valence-electron chi connectivity index (χ3n) is 3.63. The summed E-state index contributed by atoms with van der Waals surface area (Å²) in [7, 11) is 0. The van der Waals surface area contributed by atoms with Crippen LogP contribution in [-0.2, 0) is 11.2 Å². The Morgan fingerprint density at radius 3 is 2.61 bits per heavy atom. The number of aliphatic carboxylic acids is 1. The highest BCUT2D eigenvalue weighted by molar-refractivity contribution is 6.32. The molecule has 2 aromatic carbocycles. The molecular weight excluding hydrogens is 319 g/mol. The van der Waals surface area contributed by atoms with Gasteiger partial charge in [-0.05, 0) is 55.2 Å². The van der Waals surface area contributed by atoms with Crippen molar-refractivity contribution in [1.82, 2.24) is 0 Å². The smallest absolute Gasteiger partial charge is 0.311 e. The van der Waals surface area contributed by atoms with E-state index in [1.54, 1.807) is 37.3 Å².